The number of sulfonamides is 1. The molecule has 126 valence electrons. The van der Waals surface area contributed by atoms with Gasteiger partial charge in [-0.1, -0.05) is 0 Å². The van der Waals surface area contributed by atoms with Gasteiger partial charge >= 0.3 is 6.09 Å². The Labute approximate surface area is 128 Å². The number of nitrogens with two attached hydrogens (primary N) is 1. The first-order valence-electron chi connectivity index (χ1n) is 6.94. The second-order valence-electron chi connectivity index (χ2n) is 6.92. The van der Waals surface area contributed by atoms with Crippen molar-refractivity contribution in [2.75, 3.05) is 25.4 Å². The summed E-state index contributed by atoms with van der Waals surface area (Å²) in [5.41, 5.74) is -0.939. The molecular formula is C13H29N3O4S. The number of ether oxygens (including phenoxy) is 1. The number of amides is 1. The molecule has 0 aromatic rings. The van der Waals surface area contributed by atoms with Crippen LogP contribution in [0.15, 0.2) is 0 Å². The molecule has 0 spiro atoms. The maximum atomic E-state index is 12.2. The third kappa shape index (κ3) is 10.5. The van der Waals surface area contributed by atoms with Crippen molar-refractivity contribution < 1.29 is 17.9 Å². The molecule has 0 aliphatic carbocycles. The highest BCUT2D eigenvalue weighted by Crippen LogP contribution is 2.17. The van der Waals surface area contributed by atoms with Crippen LogP contribution in [-0.4, -0.2) is 55.9 Å². The van der Waals surface area contributed by atoms with Gasteiger partial charge in [0.2, 0.25) is 10.0 Å². The number of hydrogen-bond acceptors (Lipinski definition) is 5. The average molecular weight is 323 g/mol. The Morgan fingerprint density at radius 3 is 2.05 bits per heavy atom. The molecular weight excluding hydrogens is 294 g/mol. The molecule has 3 N–H and O–H groups in total. The lowest BCUT2D eigenvalue weighted by molar-refractivity contribution is 0.00668. The Bertz CT molecular complexity index is 435. The van der Waals surface area contributed by atoms with Gasteiger partial charge in [0.1, 0.15) is 5.60 Å². The molecule has 0 saturated heterocycles. The number of primary sulfonamides is 1. The van der Waals surface area contributed by atoms with E-state index in [2.05, 4.69) is 5.32 Å². The summed E-state index contributed by atoms with van der Waals surface area (Å²) in [7, 11) is -3.46. The normalized spacial score (nSPS) is 13.1. The van der Waals surface area contributed by atoms with E-state index in [0.29, 0.717) is 13.1 Å². The van der Waals surface area contributed by atoms with Gasteiger partial charge in [-0.05, 0) is 41.5 Å². The lowest BCUT2D eigenvalue weighted by Gasteiger charge is -2.36. The molecule has 0 bridgehead atoms. The van der Waals surface area contributed by atoms with Crippen LogP contribution in [0.3, 0.4) is 0 Å². The minimum atomic E-state index is -3.46. The van der Waals surface area contributed by atoms with Gasteiger partial charge in [0.05, 0.1) is 5.75 Å². The first-order valence-corrected chi connectivity index (χ1v) is 8.66. The lowest BCUT2D eigenvalue weighted by atomic mass is 10.1. The SMILES string of the molecule is CC(C)(C)OC(=O)N(CCNCCS(N)(=O)=O)C(C)(C)C. The van der Waals surface area contributed by atoms with E-state index in [1.165, 1.54) is 0 Å². The van der Waals surface area contributed by atoms with E-state index in [-0.39, 0.29) is 23.9 Å². The van der Waals surface area contributed by atoms with E-state index >= 15 is 0 Å². The smallest absolute Gasteiger partial charge is 0.410 e. The first kappa shape index (κ1) is 20.1. The molecule has 21 heavy (non-hydrogen) atoms. The fourth-order valence-electron chi connectivity index (χ4n) is 1.55. The molecule has 0 rings (SSSR count). The number of nitrogens with zero attached hydrogens (tertiary/aromatic N) is 1. The zero-order valence-corrected chi connectivity index (χ0v) is 14.7. The molecule has 0 saturated carbocycles. The van der Waals surface area contributed by atoms with Crippen molar-refractivity contribution in [3.05, 3.63) is 0 Å². The highest BCUT2D eigenvalue weighted by atomic mass is 32.2. The maximum Gasteiger partial charge on any atom is 0.410 e. The number of hydrogen-bond donors (Lipinski definition) is 2. The Morgan fingerprint density at radius 2 is 1.67 bits per heavy atom. The van der Waals surface area contributed by atoms with Gasteiger partial charge in [0.25, 0.3) is 0 Å². The van der Waals surface area contributed by atoms with Crippen LogP contribution in [0.2, 0.25) is 0 Å². The van der Waals surface area contributed by atoms with E-state index in [0.717, 1.165) is 0 Å². The molecule has 0 aromatic carbocycles. The van der Waals surface area contributed by atoms with Gasteiger partial charge in [-0.3, -0.25) is 0 Å². The molecule has 0 unspecified atom stereocenters. The summed E-state index contributed by atoms with van der Waals surface area (Å²) in [5, 5.41) is 7.87. The maximum absolute atomic E-state index is 12.2. The van der Waals surface area contributed by atoms with Crippen molar-refractivity contribution in [2.45, 2.75) is 52.7 Å². The van der Waals surface area contributed by atoms with Gasteiger partial charge in [-0.2, -0.15) is 0 Å². The highest BCUT2D eigenvalue weighted by Gasteiger charge is 2.30. The summed E-state index contributed by atoms with van der Waals surface area (Å²) >= 11 is 0. The van der Waals surface area contributed by atoms with Gasteiger partial charge in [0.15, 0.2) is 0 Å². The number of rotatable bonds is 6. The minimum Gasteiger partial charge on any atom is -0.444 e. The predicted molar refractivity (Wildman–Crippen MR) is 83.5 cm³/mol. The van der Waals surface area contributed by atoms with E-state index in [1.54, 1.807) is 4.90 Å². The zero-order chi connectivity index (χ0) is 16.9. The second kappa shape index (κ2) is 7.42. The minimum absolute atomic E-state index is 0.130. The zero-order valence-electron chi connectivity index (χ0n) is 13.9. The molecule has 0 atom stereocenters. The monoisotopic (exact) mass is 323 g/mol. The molecule has 7 nitrogen and oxygen atoms in total. The quantitative estimate of drug-likeness (QED) is 0.707. The number of carbonyl (C=O) groups excluding carboxylic acids is 1. The van der Waals surface area contributed by atoms with Crippen LogP contribution in [0.25, 0.3) is 0 Å². The van der Waals surface area contributed by atoms with Crippen LogP contribution in [0, 0.1) is 0 Å². The van der Waals surface area contributed by atoms with E-state index in [4.69, 9.17) is 9.88 Å². The fourth-order valence-corrected chi connectivity index (χ4v) is 1.98. The van der Waals surface area contributed by atoms with Gasteiger partial charge in [-0.25, -0.2) is 18.4 Å². The number of carbonyl (C=O) groups is 1. The highest BCUT2D eigenvalue weighted by molar-refractivity contribution is 7.89. The van der Waals surface area contributed by atoms with E-state index < -0.39 is 15.6 Å². The second-order valence-corrected chi connectivity index (χ2v) is 8.65. The van der Waals surface area contributed by atoms with Crippen LogP contribution in [0.5, 0.6) is 0 Å². The summed E-state index contributed by atoms with van der Waals surface area (Å²) < 4.78 is 27.0. The Hall–Kier alpha value is -0.860. The fraction of sp³-hybridized carbons (Fsp3) is 0.923. The summed E-state index contributed by atoms with van der Waals surface area (Å²) in [6.07, 6.45) is -0.386. The van der Waals surface area contributed by atoms with Crippen LogP contribution in [0.4, 0.5) is 4.79 Å². The molecule has 0 heterocycles. The largest absolute Gasteiger partial charge is 0.444 e. The first-order chi connectivity index (χ1) is 9.22. The van der Waals surface area contributed by atoms with Crippen molar-refractivity contribution in [2.24, 2.45) is 5.14 Å². The van der Waals surface area contributed by atoms with Crippen molar-refractivity contribution >= 4 is 16.1 Å². The predicted octanol–water partition coefficient (Wildman–Crippen LogP) is 0.900. The standard InChI is InChI=1S/C13H29N3O4S/c1-12(2,3)16(11(17)20-13(4,5)6)9-7-15-8-10-21(14,18)19/h15H,7-10H2,1-6H3,(H2,14,18,19). The van der Waals surface area contributed by atoms with Crippen LogP contribution in [0.1, 0.15) is 41.5 Å². The van der Waals surface area contributed by atoms with Gasteiger partial charge < -0.3 is 15.0 Å². The van der Waals surface area contributed by atoms with Crippen LogP contribution >= 0.6 is 0 Å². The van der Waals surface area contributed by atoms with Crippen molar-refractivity contribution in [1.82, 2.24) is 10.2 Å². The van der Waals surface area contributed by atoms with Crippen molar-refractivity contribution in [3.8, 4) is 0 Å². The van der Waals surface area contributed by atoms with E-state index in [9.17, 15) is 13.2 Å². The summed E-state index contributed by atoms with van der Waals surface area (Å²) in [5.74, 6) is -0.130. The van der Waals surface area contributed by atoms with Crippen molar-refractivity contribution in [1.29, 1.82) is 0 Å². The summed E-state index contributed by atoms with van der Waals surface area (Å²) in [6.45, 7) is 12.3. The molecule has 0 aromatic heterocycles. The van der Waals surface area contributed by atoms with E-state index in [1.807, 2.05) is 41.5 Å². The summed E-state index contributed by atoms with van der Waals surface area (Å²) in [4.78, 5) is 13.8. The number of nitrogens with one attached hydrogen (secondary N) is 1. The molecule has 0 radical (unpaired) electrons. The molecule has 8 heteroatoms. The average Bonchev–Trinajstić information content (AvgIpc) is 2.16. The van der Waals surface area contributed by atoms with Gasteiger partial charge in [0, 0.05) is 25.2 Å². The van der Waals surface area contributed by atoms with Crippen LogP contribution in [-0.2, 0) is 14.8 Å². The Kier molecular flexibility index (Phi) is 7.11. The summed E-state index contributed by atoms with van der Waals surface area (Å²) in [6, 6.07) is 0. The Balaban J connectivity index is 4.43. The van der Waals surface area contributed by atoms with Crippen molar-refractivity contribution in [3.63, 3.8) is 0 Å². The van der Waals surface area contributed by atoms with Gasteiger partial charge in [-0.15, -0.1) is 0 Å². The topological polar surface area (TPSA) is 102 Å². The molecule has 0 aliphatic rings. The molecule has 0 fully saturated rings. The lowest BCUT2D eigenvalue weighted by Crippen LogP contribution is -2.50. The Morgan fingerprint density at radius 1 is 1.14 bits per heavy atom. The molecule has 1 amide bonds. The molecule has 0 aliphatic heterocycles. The third-order valence-electron chi connectivity index (χ3n) is 2.50. The van der Waals surface area contributed by atoms with Crippen LogP contribution < -0.4 is 10.5 Å². The third-order valence-corrected chi connectivity index (χ3v) is 3.27.